The van der Waals surface area contributed by atoms with E-state index in [4.69, 9.17) is 4.52 Å². The molecule has 1 saturated heterocycles. The smallest absolute Gasteiger partial charge is 0.263 e. The molecular weight excluding hydrogens is 440 g/mol. The van der Waals surface area contributed by atoms with Gasteiger partial charge in [0.2, 0.25) is 0 Å². The van der Waals surface area contributed by atoms with Gasteiger partial charge in [0, 0.05) is 44.4 Å². The first-order valence-electron chi connectivity index (χ1n) is 10.9. The fourth-order valence-corrected chi connectivity index (χ4v) is 5.11. The number of carbonyl (C=O) groups excluding carboxylic acids is 1. The van der Waals surface area contributed by atoms with Crippen molar-refractivity contribution in [1.29, 1.82) is 0 Å². The second kappa shape index (κ2) is 9.76. The van der Waals surface area contributed by atoms with Crippen molar-refractivity contribution >= 4 is 21.7 Å². The predicted octanol–water partition coefficient (Wildman–Crippen LogP) is 3.52. The van der Waals surface area contributed by atoms with Gasteiger partial charge in [0.1, 0.15) is 5.76 Å². The summed E-state index contributed by atoms with van der Waals surface area (Å²) in [7, 11) is -2.10. The molecule has 9 heteroatoms. The van der Waals surface area contributed by atoms with Crippen molar-refractivity contribution in [1.82, 2.24) is 15.0 Å². The number of nitrogens with one attached hydrogen (secondary N) is 1. The van der Waals surface area contributed by atoms with Crippen LogP contribution in [0, 0.1) is 6.92 Å². The normalized spacial score (nSPS) is 15.3. The van der Waals surface area contributed by atoms with Gasteiger partial charge in [0.15, 0.2) is 5.82 Å². The second-order valence-electron chi connectivity index (χ2n) is 8.37. The van der Waals surface area contributed by atoms with Gasteiger partial charge in [-0.2, -0.15) is 0 Å². The summed E-state index contributed by atoms with van der Waals surface area (Å²) in [4.78, 5) is 17.3. The molecule has 2 heterocycles. The molecule has 4 rings (SSSR count). The molecule has 0 unspecified atom stereocenters. The molecule has 1 aliphatic heterocycles. The van der Waals surface area contributed by atoms with Gasteiger partial charge in [-0.3, -0.25) is 14.4 Å². The molecule has 0 atom stereocenters. The zero-order valence-corrected chi connectivity index (χ0v) is 19.6. The Morgan fingerprint density at radius 1 is 1.12 bits per heavy atom. The average Bonchev–Trinajstić information content (AvgIpc) is 3.23. The van der Waals surface area contributed by atoms with Gasteiger partial charge in [-0.05, 0) is 43.5 Å². The summed E-state index contributed by atoms with van der Waals surface area (Å²) in [6, 6.07) is 18.0. The van der Waals surface area contributed by atoms with E-state index in [-0.39, 0.29) is 22.7 Å². The van der Waals surface area contributed by atoms with Crippen molar-refractivity contribution in [2.24, 2.45) is 0 Å². The van der Waals surface area contributed by atoms with Crippen LogP contribution in [-0.2, 0) is 16.6 Å². The number of benzene rings is 2. The van der Waals surface area contributed by atoms with Crippen molar-refractivity contribution in [3.63, 3.8) is 0 Å². The van der Waals surface area contributed by atoms with Gasteiger partial charge in [-0.1, -0.05) is 41.6 Å². The third-order valence-electron chi connectivity index (χ3n) is 5.93. The maximum Gasteiger partial charge on any atom is 0.263 e. The van der Waals surface area contributed by atoms with Crippen LogP contribution < -0.4 is 4.72 Å². The second-order valence-corrected chi connectivity index (χ2v) is 10.0. The van der Waals surface area contributed by atoms with Crippen LogP contribution in [0.25, 0.3) is 0 Å². The molecule has 0 saturated carbocycles. The van der Waals surface area contributed by atoms with E-state index in [1.807, 2.05) is 18.2 Å². The van der Waals surface area contributed by atoms with Crippen LogP contribution >= 0.6 is 0 Å². The number of likely N-dealkylation sites (tertiary alicyclic amines) is 1. The maximum absolute atomic E-state index is 13.1. The summed E-state index contributed by atoms with van der Waals surface area (Å²) in [6.45, 7) is 4.40. The molecular formula is C24H28N4O4S. The Balaban J connectivity index is 1.39. The molecule has 1 aromatic heterocycles. The molecule has 0 radical (unpaired) electrons. The number of rotatable bonds is 7. The van der Waals surface area contributed by atoms with Crippen molar-refractivity contribution in [2.75, 3.05) is 24.9 Å². The Labute approximate surface area is 194 Å². The first-order chi connectivity index (χ1) is 15.8. The highest BCUT2D eigenvalue weighted by atomic mass is 32.2. The van der Waals surface area contributed by atoms with E-state index in [0.29, 0.717) is 11.3 Å². The van der Waals surface area contributed by atoms with Crippen LogP contribution in [0.15, 0.2) is 70.1 Å². The van der Waals surface area contributed by atoms with Crippen LogP contribution in [-0.4, -0.2) is 55.5 Å². The van der Waals surface area contributed by atoms with Gasteiger partial charge >= 0.3 is 0 Å². The van der Waals surface area contributed by atoms with Gasteiger partial charge < -0.3 is 9.42 Å². The third-order valence-corrected chi connectivity index (χ3v) is 7.28. The standard InChI is InChI=1S/C24H28N4O4S/c1-18-15-23(25-32-18)26-33(30,31)22-10-6-9-20(16-22)24(29)27(2)21-11-13-28(14-12-21)17-19-7-4-3-5-8-19/h3-10,15-16,21H,11-14,17H2,1-2H3,(H,25,26). The Morgan fingerprint density at radius 3 is 2.52 bits per heavy atom. The first-order valence-corrected chi connectivity index (χ1v) is 12.4. The van der Waals surface area contributed by atoms with Gasteiger partial charge in [0.05, 0.1) is 4.90 Å². The lowest BCUT2D eigenvalue weighted by Crippen LogP contribution is -2.45. The van der Waals surface area contributed by atoms with Gasteiger partial charge in [-0.15, -0.1) is 0 Å². The monoisotopic (exact) mass is 468 g/mol. The van der Waals surface area contributed by atoms with Gasteiger partial charge in [-0.25, -0.2) is 8.42 Å². The van der Waals surface area contributed by atoms with Crippen molar-refractivity contribution in [3.8, 4) is 0 Å². The number of anilines is 1. The molecule has 2 aromatic carbocycles. The number of nitrogens with zero attached hydrogens (tertiary/aromatic N) is 3. The summed E-state index contributed by atoms with van der Waals surface area (Å²) in [5.74, 6) is 0.405. The largest absolute Gasteiger partial charge is 0.360 e. The molecule has 0 spiro atoms. The van der Waals surface area contributed by atoms with Crippen LogP contribution in [0.5, 0.6) is 0 Å². The van der Waals surface area contributed by atoms with E-state index in [9.17, 15) is 13.2 Å². The lowest BCUT2D eigenvalue weighted by molar-refractivity contribution is 0.0636. The molecule has 1 aliphatic rings. The summed E-state index contributed by atoms with van der Waals surface area (Å²) in [5, 5.41) is 3.66. The van der Waals surface area contributed by atoms with Crippen LogP contribution in [0.4, 0.5) is 5.82 Å². The summed E-state index contributed by atoms with van der Waals surface area (Å²) in [6.07, 6.45) is 1.75. The van der Waals surface area contributed by atoms with E-state index in [0.717, 1.165) is 32.5 Å². The lowest BCUT2D eigenvalue weighted by atomic mass is 10.0. The summed E-state index contributed by atoms with van der Waals surface area (Å²) >= 11 is 0. The molecule has 1 fully saturated rings. The number of aryl methyl sites for hydroxylation is 1. The Kier molecular flexibility index (Phi) is 6.80. The fourth-order valence-electron chi connectivity index (χ4n) is 4.08. The maximum atomic E-state index is 13.1. The highest BCUT2D eigenvalue weighted by Crippen LogP contribution is 2.21. The predicted molar refractivity (Wildman–Crippen MR) is 125 cm³/mol. The fraction of sp³-hybridized carbons (Fsp3) is 0.333. The molecule has 0 aliphatic carbocycles. The Bertz CT molecular complexity index is 1200. The van der Waals surface area contributed by atoms with Gasteiger partial charge in [0.25, 0.3) is 15.9 Å². The highest BCUT2D eigenvalue weighted by Gasteiger charge is 2.27. The molecule has 3 aromatic rings. The molecule has 8 nitrogen and oxygen atoms in total. The molecule has 1 N–H and O–H groups in total. The molecule has 1 amide bonds. The first kappa shape index (κ1) is 23.0. The van der Waals surface area contributed by atoms with Crippen LogP contribution in [0.1, 0.15) is 34.5 Å². The van der Waals surface area contributed by atoms with Crippen LogP contribution in [0.2, 0.25) is 0 Å². The summed E-state index contributed by atoms with van der Waals surface area (Å²) < 4.78 is 32.7. The minimum absolute atomic E-state index is 0.0000773. The molecule has 174 valence electrons. The third kappa shape index (κ3) is 5.61. The highest BCUT2D eigenvalue weighted by molar-refractivity contribution is 7.92. The van der Waals surface area contributed by atoms with E-state index >= 15 is 0 Å². The number of hydrogen-bond donors (Lipinski definition) is 1. The Hall–Kier alpha value is -3.17. The average molecular weight is 469 g/mol. The van der Waals surface area contributed by atoms with E-state index in [1.54, 1.807) is 31.0 Å². The number of hydrogen-bond acceptors (Lipinski definition) is 6. The Morgan fingerprint density at radius 2 is 1.85 bits per heavy atom. The number of piperidine rings is 1. The van der Waals surface area contributed by atoms with Crippen molar-refractivity contribution < 1.29 is 17.7 Å². The topological polar surface area (TPSA) is 95.8 Å². The molecule has 33 heavy (non-hydrogen) atoms. The van der Waals surface area contributed by atoms with E-state index in [1.165, 1.54) is 23.8 Å². The minimum atomic E-state index is -3.89. The SMILES string of the molecule is Cc1cc(NS(=O)(=O)c2cccc(C(=O)N(C)C3CCN(Cc4ccccc4)CC3)c2)no1. The number of carbonyl (C=O) groups is 1. The number of aromatic nitrogens is 1. The van der Waals surface area contributed by atoms with E-state index < -0.39 is 10.0 Å². The number of amides is 1. The quantitative estimate of drug-likeness (QED) is 0.570. The van der Waals surface area contributed by atoms with Crippen molar-refractivity contribution in [2.45, 2.75) is 37.2 Å². The molecule has 0 bridgehead atoms. The number of sulfonamides is 1. The zero-order valence-electron chi connectivity index (χ0n) is 18.8. The minimum Gasteiger partial charge on any atom is -0.360 e. The van der Waals surface area contributed by atoms with Crippen molar-refractivity contribution in [3.05, 3.63) is 77.6 Å². The summed E-state index contributed by atoms with van der Waals surface area (Å²) in [5.41, 5.74) is 1.62. The van der Waals surface area contributed by atoms with Crippen LogP contribution in [0.3, 0.4) is 0 Å². The zero-order chi connectivity index (χ0) is 23.4. The van der Waals surface area contributed by atoms with E-state index in [2.05, 4.69) is 26.9 Å². The lowest BCUT2D eigenvalue weighted by Gasteiger charge is -2.36.